The summed E-state index contributed by atoms with van der Waals surface area (Å²) in [5.41, 5.74) is 0.785. The molecule has 112 valence electrons. The number of sulfonamides is 1. The summed E-state index contributed by atoms with van der Waals surface area (Å²) in [6.45, 7) is 0.290. The summed E-state index contributed by atoms with van der Waals surface area (Å²) in [5.74, 6) is 0.681. The number of ether oxygens (including phenoxy) is 1. The SMILES string of the molecule is CN(C)S(=O)(=O)c1cccc(COc2ccc(Cl)cc2)c1. The van der Waals surface area contributed by atoms with E-state index < -0.39 is 10.0 Å². The monoisotopic (exact) mass is 325 g/mol. The van der Waals surface area contributed by atoms with Gasteiger partial charge in [-0.25, -0.2) is 12.7 Å². The van der Waals surface area contributed by atoms with Crippen molar-refractivity contribution in [1.82, 2.24) is 4.31 Å². The maximum Gasteiger partial charge on any atom is 0.242 e. The van der Waals surface area contributed by atoms with E-state index in [0.29, 0.717) is 17.4 Å². The smallest absolute Gasteiger partial charge is 0.242 e. The quantitative estimate of drug-likeness (QED) is 0.848. The first-order chi connectivity index (χ1) is 9.89. The van der Waals surface area contributed by atoms with Crippen LogP contribution >= 0.6 is 11.6 Å². The van der Waals surface area contributed by atoms with Gasteiger partial charge in [-0.15, -0.1) is 0 Å². The second-order valence-electron chi connectivity index (χ2n) is 4.68. The van der Waals surface area contributed by atoms with Crippen LogP contribution in [-0.2, 0) is 16.6 Å². The Balaban J connectivity index is 2.13. The summed E-state index contributed by atoms with van der Waals surface area (Å²) in [4.78, 5) is 0.254. The third kappa shape index (κ3) is 3.97. The molecule has 0 fully saturated rings. The van der Waals surface area contributed by atoms with Gasteiger partial charge in [0.15, 0.2) is 0 Å². The molecule has 0 heterocycles. The van der Waals surface area contributed by atoms with E-state index in [1.807, 2.05) is 6.07 Å². The van der Waals surface area contributed by atoms with E-state index in [1.54, 1.807) is 42.5 Å². The van der Waals surface area contributed by atoms with E-state index in [0.717, 1.165) is 5.56 Å². The molecule has 0 N–H and O–H groups in total. The minimum Gasteiger partial charge on any atom is -0.489 e. The van der Waals surface area contributed by atoms with Crippen molar-refractivity contribution in [2.24, 2.45) is 0 Å². The summed E-state index contributed by atoms with van der Waals surface area (Å²) < 4.78 is 30.9. The lowest BCUT2D eigenvalue weighted by Crippen LogP contribution is -2.22. The van der Waals surface area contributed by atoms with E-state index in [2.05, 4.69) is 0 Å². The highest BCUT2D eigenvalue weighted by atomic mass is 35.5. The average Bonchev–Trinajstić information content (AvgIpc) is 2.47. The molecular formula is C15H16ClNO3S. The van der Waals surface area contributed by atoms with Crippen LogP contribution in [0.5, 0.6) is 5.75 Å². The molecule has 0 unspecified atom stereocenters. The molecule has 0 aliphatic carbocycles. The Kier molecular flexibility index (Phi) is 4.88. The van der Waals surface area contributed by atoms with Gasteiger partial charge in [0.2, 0.25) is 10.0 Å². The van der Waals surface area contributed by atoms with Crippen molar-refractivity contribution in [3.8, 4) is 5.75 Å². The molecule has 0 saturated carbocycles. The number of rotatable bonds is 5. The third-order valence-corrected chi connectivity index (χ3v) is 4.96. The Bertz CT molecular complexity index is 712. The molecule has 2 aromatic rings. The molecule has 0 radical (unpaired) electrons. The minimum absolute atomic E-state index is 0.254. The first kappa shape index (κ1) is 15.8. The van der Waals surface area contributed by atoms with Crippen LogP contribution in [0.2, 0.25) is 5.02 Å². The molecule has 0 amide bonds. The predicted octanol–water partition coefficient (Wildman–Crippen LogP) is 3.17. The van der Waals surface area contributed by atoms with Crippen LogP contribution in [0.1, 0.15) is 5.56 Å². The zero-order valence-corrected chi connectivity index (χ0v) is 13.4. The highest BCUT2D eigenvalue weighted by molar-refractivity contribution is 7.89. The lowest BCUT2D eigenvalue weighted by molar-refractivity contribution is 0.306. The fraction of sp³-hybridized carbons (Fsp3) is 0.200. The highest BCUT2D eigenvalue weighted by Gasteiger charge is 2.17. The van der Waals surface area contributed by atoms with Gasteiger partial charge in [-0.3, -0.25) is 0 Å². The fourth-order valence-electron chi connectivity index (χ4n) is 1.70. The van der Waals surface area contributed by atoms with Gasteiger partial charge in [0.25, 0.3) is 0 Å². The topological polar surface area (TPSA) is 46.6 Å². The summed E-state index contributed by atoms with van der Waals surface area (Å²) in [5, 5.41) is 0.640. The Morgan fingerprint density at radius 1 is 1.10 bits per heavy atom. The Morgan fingerprint density at radius 2 is 1.76 bits per heavy atom. The number of hydrogen-bond donors (Lipinski definition) is 0. The lowest BCUT2D eigenvalue weighted by atomic mass is 10.2. The minimum atomic E-state index is -3.43. The second kappa shape index (κ2) is 6.47. The zero-order chi connectivity index (χ0) is 15.5. The molecule has 0 aliphatic rings. The summed E-state index contributed by atoms with van der Waals surface area (Å²) in [7, 11) is -0.415. The molecule has 6 heteroatoms. The summed E-state index contributed by atoms with van der Waals surface area (Å²) >= 11 is 5.80. The fourth-order valence-corrected chi connectivity index (χ4v) is 2.80. The van der Waals surface area contributed by atoms with Gasteiger partial charge in [0, 0.05) is 19.1 Å². The molecule has 0 bridgehead atoms. The van der Waals surface area contributed by atoms with E-state index in [9.17, 15) is 8.42 Å². The largest absolute Gasteiger partial charge is 0.489 e. The van der Waals surface area contributed by atoms with Crippen LogP contribution in [0.15, 0.2) is 53.4 Å². The van der Waals surface area contributed by atoms with Crippen molar-refractivity contribution in [2.75, 3.05) is 14.1 Å². The number of nitrogens with zero attached hydrogens (tertiary/aromatic N) is 1. The summed E-state index contributed by atoms with van der Waals surface area (Å²) in [6.07, 6.45) is 0. The second-order valence-corrected chi connectivity index (χ2v) is 7.27. The van der Waals surface area contributed by atoms with Crippen LogP contribution in [0.4, 0.5) is 0 Å². The van der Waals surface area contributed by atoms with Gasteiger partial charge in [-0.1, -0.05) is 23.7 Å². The molecule has 2 rings (SSSR count). The van der Waals surface area contributed by atoms with Gasteiger partial charge in [0.05, 0.1) is 4.90 Å². The van der Waals surface area contributed by atoms with Crippen LogP contribution in [0, 0.1) is 0 Å². The van der Waals surface area contributed by atoms with E-state index >= 15 is 0 Å². The molecule has 4 nitrogen and oxygen atoms in total. The molecule has 0 aliphatic heterocycles. The Morgan fingerprint density at radius 3 is 2.38 bits per heavy atom. The van der Waals surface area contributed by atoms with Crippen LogP contribution in [0.3, 0.4) is 0 Å². The van der Waals surface area contributed by atoms with Crippen LogP contribution in [-0.4, -0.2) is 26.8 Å². The maximum absolute atomic E-state index is 12.1. The van der Waals surface area contributed by atoms with Crippen LogP contribution in [0.25, 0.3) is 0 Å². The van der Waals surface area contributed by atoms with Gasteiger partial charge >= 0.3 is 0 Å². The predicted molar refractivity (Wildman–Crippen MR) is 83.1 cm³/mol. The van der Waals surface area contributed by atoms with Crippen LogP contribution < -0.4 is 4.74 Å². The highest BCUT2D eigenvalue weighted by Crippen LogP contribution is 2.19. The van der Waals surface area contributed by atoms with Crippen molar-refractivity contribution in [3.63, 3.8) is 0 Å². The molecule has 0 spiro atoms. The van der Waals surface area contributed by atoms with Gasteiger partial charge in [-0.05, 0) is 42.0 Å². The number of halogens is 1. The van der Waals surface area contributed by atoms with E-state index in [4.69, 9.17) is 16.3 Å². The first-order valence-electron chi connectivity index (χ1n) is 6.29. The standard InChI is InChI=1S/C15H16ClNO3S/c1-17(2)21(18,19)15-5-3-4-12(10-15)11-20-14-8-6-13(16)7-9-14/h3-10H,11H2,1-2H3. The lowest BCUT2D eigenvalue weighted by Gasteiger charge is -2.12. The summed E-state index contributed by atoms with van der Waals surface area (Å²) in [6, 6.07) is 13.7. The molecule has 0 aromatic heterocycles. The maximum atomic E-state index is 12.1. The molecule has 0 saturated heterocycles. The normalized spacial score (nSPS) is 11.6. The van der Waals surface area contributed by atoms with Gasteiger partial charge in [-0.2, -0.15) is 0 Å². The van der Waals surface area contributed by atoms with Crippen molar-refractivity contribution in [3.05, 3.63) is 59.1 Å². The average molecular weight is 326 g/mol. The number of benzene rings is 2. The molecule has 2 aromatic carbocycles. The Labute approximate surface area is 130 Å². The molecule has 21 heavy (non-hydrogen) atoms. The van der Waals surface area contributed by atoms with E-state index in [1.165, 1.54) is 18.4 Å². The van der Waals surface area contributed by atoms with Crippen molar-refractivity contribution < 1.29 is 13.2 Å². The van der Waals surface area contributed by atoms with Gasteiger partial charge < -0.3 is 4.74 Å². The van der Waals surface area contributed by atoms with Crippen molar-refractivity contribution in [2.45, 2.75) is 11.5 Å². The van der Waals surface area contributed by atoms with Crippen molar-refractivity contribution >= 4 is 21.6 Å². The van der Waals surface area contributed by atoms with Gasteiger partial charge in [0.1, 0.15) is 12.4 Å². The van der Waals surface area contributed by atoms with Crippen molar-refractivity contribution in [1.29, 1.82) is 0 Å². The third-order valence-electron chi connectivity index (χ3n) is 2.90. The first-order valence-corrected chi connectivity index (χ1v) is 8.11. The molecule has 0 atom stereocenters. The van der Waals surface area contributed by atoms with E-state index in [-0.39, 0.29) is 4.90 Å². The number of hydrogen-bond acceptors (Lipinski definition) is 3. The molecular weight excluding hydrogens is 310 g/mol. The zero-order valence-electron chi connectivity index (χ0n) is 11.8. The Hall–Kier alpha value is -1.56.